The Labute approximate surface area is 120 Å². The Morgan fingerprint density at radius 3 is 3.20 bits per heavy atom. The minimum atomic E-state index is -0.0673. The van der Waals surface area contributed by atoms with Crippen molar-refractivity contribution in [1.29, 1.82) is 0 Å². The lowest BCUT2D eigenvalue weighted by Gasteiger charge is -2.22. The van der Waals surface area contributed by atoms with Crippen LogP contribution in [0.2, 0.25) is 0 Å². The van der Waals surface area contributed by atoms with Crippen LogP contribution in [0.15, 0.2) is 18.5 Å². The maximum atomic E-state index is 12.2. The summed E-state index contributed by atoms with van der Waals surface area (Å²) in [5.74, 6) is 0.360. The van der Waals surface area contributed by atoms with Crippen molar-refractivity contribution in [3.05, 3.63) is 24.0 Å². The Bertz CT molecular complexity index is 431. The number of amides is 1. The minimum absolute atomic E-state index is 0.0673. The Hall–Kier alpha value is -1.62. The van der Waals surface area contributed by atoms with Gasteiger partial charge in [-0.1, -0.05) is 6.92 Å². The standard InChI is InChI=1S/C15H23N3O2/c1-2-6-17-14-5-7-16-10-13(14)15(19)18-9-12-4-3-8-20-11-12/h5,7,10,12H,2-4,6,8-9,11H2,1H3,(H,16,17)(H,18,19). The summed E-state index contributed by atoms with van der Waals surface area (Å²) < 4.78 is 5.42. The highest BCUT2D eigenvalue weighted by Gasteiger charge is 2.16. The Balaban J connectivity index is 1.90. The third-order valence-corrected chi connectivity index (χ3v) is 3.44. The van der Waals surface area contributed by atoms with Gasteiger partial charge in [0.1, 0.15) is 0 Å². The molecule has 0 bridgehead atoms. The number of nitrogens with one attached hydrogen (secondary N) is 2. The summed E-state index contributed by atoms with van der Waals surface area (Å²) in [5, 5.41) is 6.24. The molecule has 20 heavy (non-hydrogen) atoms. The van der Waals surface area contributed by atoms with Gasteiger partial charge in [-0.25, -0.2) is 0 Å². The van der Waals surface area contributed by atoms with E-state index in [1.165, 1.54) is 0 Å². The fraction of sp³-hybridized carbons (Fsp3) is 0.600. The quantitative estimate of drug-likeness (QED) is 0.835. The van der Waals surface area contributed by atoms with Gasteiger partial charge in [-0.3, -0.25) is 9.78 Å². The molecule has 2 rings (SSSR count). The zero-order chi connectivity index (χ0) is 14.2. The summed E-state index contributed by atoms with van der Waals surface area (Å²) in [6.45, 7) is 5.20. The topological polar surface area (TPSA) is 63.2 Å². The van der Waals surface area contributed by atoms with Crippen molar-refractivity contribution in [3.8, 4) is 0 Å². The molecular weight excluding hydrogens is 254 g/mol. The van der Waals surface area contributed by atoms with Gasteiger partial charge in [0, 0.05) is 32.1 Å². The van der Waals surface area contributed by atoms with Gasteiger partial charge in [-0.2, -0.15) is 0 Å². The molecule has 5 heteroatoms. The molecule has 0 aromatic carbocycles. The second-order valence-electron chi connectivity index (χ2n) is 5.14. The molecule has 1 aliphatic heterocycles. The van der Waals surface area contributed by atoms with E-state index >= 15 is 0 Å². The number of pyridine rings is 1. The summed E-state index contributed by atoms with van der Waals surface area (Å²) in [5.41, 5.74) is 1.46. The summed E-state index contributed by atoms with van der Waals surface area (Å²) >= 11 is 0. The molecule has 0 spiro atoms. The van der Waals surface area contributed by atoms with Gasteiger partial charge in [-0.15, -0.1) is 0 Å². The van der Waals surface area contributed by atoms with Gasteiger partial charge in [0.25, 0.3) is 5.91 Å². The van der Waals surface area contributed by atoms with Crippen molar-refractivity contribution >= 4 is 11.6 Å². The van der Waals surface area contributed by atoms with Crippen molar-refractivity contribution in [3.63, 3.8) is 0 Å². The average molecular weight is 277 g/mol. The summed E-state index contributed by atoms with van der Waals surface area (Å²) in [6.07, 6.45) is 6.53. The number of hydrogen-bond donors (Lipinski definition) is 2. The number of nitrogens with zero attached hydrogens (tertiary/aromatic N) is 1. The van der Waals surface area contributed by atoms with Crippen LogP contribution in [0.25, 0.3) is 0 Å². The van der Waals surface area contributed by atoms with E-state index in [-0.39, 0.29) is 5.91 Å². The molecule has 2 heterocycles. The van der Waals surface area contributed by atoms with E-state index in [9.17, 15) is 4.79 Å². The third-order valence-electron chi connectivity index (χ3n) is 3.44. The number of rotatable bonds is 6. The summed E-state index contributed by atoms with van der Waals surface area (Å²) in [7, 11) is 0. The van der Waals surface area contributed by atoms with Crippen molar-refractivity contribution < 1.29 is 9.53 Å². The van der Waals surface area contributed by atoms with E-state index in [1.54, 1.807) is 12.4 Å². The smallest absolute Gasteiger partial charge is 0.254 e. The molecule has 1 aliphatic rings. The van der Waals surface area contributed by atoms with Crippen LogP contribution in [-0.2, 0) is 4.74 Å². The van der Waals surface area contributed by atoms with Crippen LogP contribution >= 0.6 is 0 Å². The number of ether oxygens (including phenoxy) is 1. The van der Waals surface area contributed by atoms with Crippen LogP contribution in [0.1, 0.15) is 36.5 Å². The first-order valence-corrected chi connectivity index (χ1v) is 7.35. The molecule has 0 saturated carbocycles. The van der Waals surface area contributed by atoms with Crippen molar-refractivity contribution in [2.24, 2.45) is 5.92 Å². The minimum Gasteiger partial charge on any atom is -0.384 e. The van der Waals surface area contributed by atoms with E-state index in [0.717, 1.165) is 44.7 Å². The predicted molar refractivity (Wildman–Crippen MR) is 78.9 cm³/mol. The highest BCUT2D eigenvalue weighted by atomic mass is 16.5. The Morgan fingerprint density at radius 2 is 2.45 bits per heavy atom. The van der Waals surface area contributed by atoms with Crippen LogP contribution in [0.4, 0.5) is 5.69 Å². The van der Waals surface area contributed by atoms with Crippen LogP contribution < -0.4 is 10.6 Å². The zero-order valence-corrected chi connectivity index (χ0v) is 12.0. The lowest BCUT2D eigenvalue weighted by molar-refractivity contribution is 0.0536. The second kappa shape index (κ2) is 7.85. The van der Waals surface area contributed by atoms with Crippen molar-refractivity contribution in [2.75, 3.05) is 31.6 Å². The highest BCUT2D eigenvalue weighted by molar-refractivity contribution is 5.99. The van der Waals surface area contributed by atoms with Gasteiger partial charge in [0.2, 0.25) is 0 Å². The first-order valence-electron chi connectivity index (χ1n) is 7.35. The van der Waals surface area contributed by atoms with E-state index < -0.39 is 0 Å². The maximum absolute atomic E-state index is 12.2. The van der Waals surface area contributed by atoms with Crippen molar-refractivity contribution in [1.82, 2.24) is 10.3 Å². The van der Waals surface area contributed by atoms with Crippen LogP contribution in [-0.4, -0.2) is 37.2 Å². The summed E-state index contributed by atoms with van der Waals surface area (Å²) in [6, 6.07) is 1.84. The number of anilines is 1. The molecule has 5 nitrogen and oxygen atoms in total. The maximum Gasteiger partial charge on any atom is 0.254 e. The summed E-state index contributed by atoms with van der Waals surface area (Å²) in [4.78, 5) is 16.3. The average Bonchev–Trinajstić information content (AvgIpc) is 2.52. The third kappa shape index (κ3) is 4.20. The molecule has 1 unspecified atom stereocenters. The molecule has 1 atom stereocenters. The number of hydrogen-bond acceptors (Lipinski definition) is 4. The normalized spacial score (nSPS) is 18.6. The van der Waals surface area contributed by atoms with Crippen LogP contribution in [0.3, 0.4) is 0 Å². The molecule has 110 valence electrons. The van der Waals surface area contributed by atoms with E-state index in [0.29, 0.717) is 18.0 Å². The number of aromatic nitrogens is 1. The highest BCUT2D eigenvalue weighted by Crippen LogP contribution is 2.15. The van der Waals surface area contributed by atoms with Crippen LogP contribution in [0.5, 0.6) is 0 Å². The van der Waals surface area contributed by atoms with Gasteiger partial charge in [-0.05, 0) is 31.2 Å². The largest absolute Gasteiger partial charge is 0.384 e. The lowest BCUT2D eigenvalue weighted by Crippen LogP contribution is -2.33. The monoisotopic (exact) mass is 277 g/mol. The molecule has 0 aliphatic carbocycles. The van der Waals surface area contributed by atoms with Gasteiger partial charge >= 0.3 is 0 Å². The van der Waals surface area contributed by atoms with Gasteiger partial charge in [0.15, 0.2) is 0 Å². The van der Waals surface area contributed by atoms with E-state index in [4.69, 9.17) is 4.74 Å². The Morgan fingerprint density at radius 1 is 1.55 bits per heavy atom. The van der Waals surface area contributed by atoms with Gasteiger partial charge < -0.3 is 15.4 Å². The lowest BCUT2D eigenvalue weighted by atomic mass is 10.0. The van der Waals surface area contributed by atoms with Crippen molar-refractivity contribution in [2.45, 2.75) is 26.2 Å². The fourth-order valence-corrected chi connectivity index (χ4v) is 2.29. The molecule has 1 aromatic heterocycles. The molecule has 1 saturated heterocycles. The van der Waals surface area contributed by atoms with Gasteiger partial charge in [0.05, 0.1) is 17.9 Å². The second-order valence-corrected chi connectivity index (χ2v) is 5.14. The SMILES string of the molecule is CCCNc1ccncc1C(=O)NCC1CCCOC1. The van der Waals surface area contributed by atoms with Crippen LogP contribution in [0, 0.1) is 5.92 Å². The number of carbonyl (C=O) groups excluding carboxylic acids is 1. The molecule has 0 radical (unpaired) electrons. The molecule has 1 fully saturated rings. The fourth-order valence-electron chi connectivity index (χ4n) is 2.29. The molecular formula is C15H23N3O2. The van der Waals surface area contributed by atoms with E-state index in [1.807, 2.05) is 6.07 Å². The first kappa shape index (κ1) is 14.8. The first-order chi connectivity index (χ1) is 9.81. The Kier molecular flexibility index (Phi) is 5.80. The van der Waals surface area contributed by atoms with E-state index in [2.05, 4.69) is 22.5 Å². The molecule has 2 N–H and O–H groups in total. The number of carbonyl (C=O) groups is 1. The molecule has 1 amide bonds. The zero-order valence-electron chi connectivity index (χ0n) is 12.0. The molecule has 1 aromatic rings. The predicted octanol–water partition coefficient (Wildman–Crippen LogP) is 2.06.